The molecule has 2 aliphatic rings. The maximum atomic E-state index is 14.1. The molecular weight excluding hydrogens is 507 g/mol. The van der Waals surface area contributed by atoms with E-state index in [2.05, 4.69) is 25.1 Å². The molecule has 4 aromatic rings. The molecule has 0 spiro atoms. The van der Waals surface area contributed by atoms with E-state index < -0.39 is 11.3 Å². The Kier molecular flexibility index (Phi) is 7.07. The van der Waals surface area contributed by atoms with Crippen LogP contribution in [0.15, 0.2) is 47.5 Å². The zero-order valence-electron chi connectivity index (χ0n) is 20.9. The fourth-order valence-electron chi connectivity index (χ4n) is 4.99. The summed E-state index contributed by atoms with van der Waals surface area (Å²) in [5.74, 6) is -0.671. The number of hydrogen-bond donors (Lipinski definition) is 2. The Bertz CT molecular complexity index is 1510. The van der Waals surface area contributed by atoms with Crippen molar-refractivity contribution >= 4 is 22.7 Å². The van der Waals surface area contributed by atoms with Gasteiger partial charge in [0.15, 0.2) is 0 Å². The van der Waals surface area contributed by atoms with Gasteiger partial charge in [-0.25, -0.2) is 14.4 Å². The van der Waals surface area contributed by atoms with Gasteiger partial charge in [-0.3, -0.25) is 14.1 Å². The lowest BCUT2D eigenvalue weighted by Crippen LogP contribution is -2.43. The van der Waals surface area contributed by atoms with Crippen molar-refractivity contribution in [2.45, 2.75) is 13.0 Å². The summed E-state index contributed by atoms with van der Waals surface area (Å²) >= 11 is 1.38. The molecule has 11 heteroatoms. The molecule has 3 aromatic heterocycles. The molecular formula is C27H29FN6O3S. The van der Waals surface area contributed by atoms with Gasteiger partial charge in [-0.2, -0.15) is 0 Å². The normalized spacial score (nSPS) is 16.8. The Labute approximate surface area is 223 Å². The predicted molar refractivity (Wildman–Crippen MR) is 145 cm³/mol. The van der Waals surface area contributed by atoms with Crippen LogP contribution >= 0.6 is 11.3 Å². The number of thiazole rings is 1. The minimum atomic E-state index is -0.534. The fraction of sp³-hybridized carbons (Fsp3) is 0.370. The first-order valence-corrected chi connectivity index (χ1v) is 13.6. The molecule has 2 saturated heterocycles. The van der Waals surface area contributed by atoms with E-state index in [-0.39, 0.29) is 11.5 Å². The highest BCUT2D eigenvalue weighted by Crippen LogP contribution is 2.31. The van der Waals surface area contributed by atoms with Crippen LogP contribution in [0.3, 0.4) is 0 Å². The number of morpholine rings is 1. The van der Waals surface area contributed by atoms with Crippen LogP contribution in [0.4, 0.5) is 10.1 Å². The molecule has 198 valence electrons. The Morgan fingerprint density at radius 1 is 1.08 bits per heavy atom. The molecule has 0 saturated carbocycles. The molecule has 6 rings (SSSR count). The molecule has 0 amide bonds. The second-order valence-electron chi connectivity index (χ2n) is 9.58. The highest BCUT2D eigenvalue weighted by molar-refractivity contribution is 7.15. The van der Waals surface area contributed by atoms with Crippen molar-refractivity contribution < 1.29 is 14.2 Å². The maximum absolute atomic E-state index is 14.1. The lowest BCUT2D eigenvalue weighted by Gasteiger charge is -2.28. The van der Waals surface area contributed by atoms with Crippen LogP contribution in [0.2, 0.25) is 0 Å². The number of aromatic hydroxyl groups is 1. The van der Waals surface area contributed by atoms with Crippen LogP contribution in [0.25, 0.3) is 16.3 Å². The van der Waals surface area contributed by atoms with Gasteiger partial charge in [0.25, 0.3) is 0 Å². The van der Waals surface area contributed by atoms with Gasteiger partial charge in [0.05, 0.1) is 18.9 Å². The summed E-state index contributed by atoms with van der Waals surface area (Å²) in [5.41, 5.74) is 2.95. The van der Waals surface area contributed by atoms with E-state index in [1.807, 2.05) is 12.1 Å². The van der Waals surface area contributed by atoms with Crippen LogP contribution in [0.5, 0.6) is 5.75 Å². The molecule has 0 radical (unpaired) electrons. The van der Waals surface area contributed by atoms with Crippen molar-refractivity contribution in [3.05, 3.63) is 74.9 Å². The molecule has 1 aromatic carbocycles. The first-order valence-electron chi connectivity index (χ1n) is 12.8. The zero-order chi connectivity index (χ0) is 26.1. The van der Waals surface area contributed by atoms with Gasteiger partial charge in [-0.1, -0.05) is 6.07 Å². The fourth-order valence-corrected chi connectivity index (χ4v) is 5.91. The van der Waals surface area contributed by atoms with Gasteiger partial charge in [0.2, 0.25) is 5.75 Å². The number of nitrogens with one attached hydrogen (secondary N) is 1. The number of ether oxygens (including phenoxy) is 1. The number of hydrogen-bond acceptors (Lipinski definition) is 9. The van der Waals surface area contributed by atoms with Gasteiger partial charge >= 0.3 is 5.56 Å². The summed E-state index contributed by atoms with van der Waals surface area (Å²) in [7, 11) is 0. The molecule has 2 fully saturated rings. The minimum Gasteiger partial charge on any atom is -0.501 e. The third kappa shape index (κ3) is 5.14. The van der Waals surface area contributed by atoms with Crippen LogP contribution in [-0.2, 0) is 17.7 Å². The monoisotopic (exact) mass is 536 g/mol. The number of aromatic nitrogens is 3. The van der Waals surface area contributed by atoms with Crippen LogP contribution in [-0.4, -0.2) is 76.9 Å². The minimum absolute atomic E-state index is 0.172. The van der Waals surface area contributed by atoms with Crippen molar-refractivity contribution in [3.8, 4) is 16.5 Å². The van der Waals surface area contributed by atoms with E-state index in [9.17, 15) is 14.3 Å². The summed E-state index contributed by atoms with van der Waals surface area (Å²) in [5, 5.41) is 14.6. The van der Waals surface area contributed by atoms with E-state index >= 15 is 0 Å². The number of halogens is 1. The highest BCUT2D eigenvalue weighted by Gasteiger charge is 2.20. The lowest BCUT2D eigenvalue weighted by atomic mass is 10.0. The molecule has 2 aliphatic heterocycles. The smallest absolute Gasteiger partial charge is 0.300 e. The Morgan fingerprint density at radius 3 is 2.71 bits per heavy atom. The van der Waals surface area contributed by atoms with Crippen LogP contribution < -0.4 is 15.8 Å². The molecule has 9 nitrogen and oxygen atoms in total. The largest absolute Gasteiger partial charge is 0.501 e. The van der Waals surface area contributed by atoms with Gasteiger partial charge in [-0.05, 0) is 35.4 Å². The number of pyridine rings is 1. The number of benzene rings is 1. The highest BCUT2D eigenvalue weighted by atomic mass is 32.1. The topological polar surface area (TPSA) is 95.2 Å². The molecule has 0 atom stereocenters. The van der Waals surface area contributed by atoms with Crippen molar-refractivity contribution in [1.82, 2.24) is 24.6 Å². The number of anilines is 1. The van der Waals surface area contributed by atoms with Gasteiger partial charge in [0.1, 0.15) is 22.2 Å². The molecule has 5 heterocycles. The van der Waals surface area contributed by atoms with Gasteiger partial charge in [0, 0.05) is 69.5 Å². The zero-order valence-corrected chi connectivity index (χ0v) is 21.7. The van der Waals surface area contributed by atoms with E-state index in [1.54, 1.807) is 24.5 Å². The van der Waals surface area contributed by atoms with E-state index in [4.69, 9.17) is 4.74 Å². The second kappa shape index (κ2) is 10.8. The predicted octanol–water partition coefficient (Wildman–Crippen LogP) is 2.50. The van der Waals surface area contributed by atoms with E-state index in [1.165, 1.54) is 21.8 Å². The Morgan fingerprint density at radius 2 is 1.89 bits per heavy atom. The molecule has 2 N–H and O–H groups in total. The first-order chi connectivity index (χ1) is 18.5. The second-order valence-corrected chi connectivity index (χ2v) is 10.7. The quantitative estimate of drug-likeness (QED) is 0.388. The van der Waals surface area contributed by atoms with Gasteiger partial charge in [-0.15, -0.1) is 11.3 Å². The number of nitrogens with zero attached hydrogens (tertiary/aromatic N) is 5. The average molecular weight is 537 g/mol. The van der Waals surface area contributed by atoms with E-state index in [0.29, 0.717) is 36.8 Å². The molecule has 0 unspecified atom stereocenters. The van der Waals surface area contributed by atoms with E-state index in [0.717, 1.165) is 61.0 Å². The third-order valence-corrected chi connectivity index (χ3v) is 8.06. The Hall–Kier alpha value is -3.38. The van der Waals surface area contributed by atoms with Crippen molar-refractivity contribution in [3.63, 3.8) is 0 Å². The molecule has 38 heavy (non-hydrogen) atoms. The maximum Gasteiger partial charge on any atom is 0.300 e. The van der Waals surface area contributed by atoms with Crippen LogP contribution in [0, 0.1) is 5.82 Å². The molecule has 0 aliphatic carbocycles. The van der Waals surface area contributed by atoms with Gasteiger partial charge < -0.3 is 20.1 Å². The van der Waals surface area contributed by atoms with Crippen LogP contribution in [0.1, 0.15) is 16.0 Å². The SMILES string of the molecule is O=c1c(O)c(-c2ncc(Cc3ccc(F)cc3CN3CCNCC3)s2)nc2ccc(N3CCOCC3)cn12. The van der Waals surface area contributed by atoms with Crippen molar-refractivity contribution in [2.24, 2.45) is 0 Å². The molecule has 0 bridgehead atoms. The number of rotatable bonds is 6. The standard InChI is InChI=1S/C27H29FN6O3S/c28-20-2-1-18(19(13-20)16-32-7-5-29-6-8-32)14-22-15-30-26(38-22)24-25(35)27(36)34-17-21(3-4-23(34)31-24)33-9-11-37-12-10-33/h1-4,13,15,17,29,35H,5-12,14,16H2. The summed E-state index contributed by atoms with van der Waals surface area (Å²) in [6.07, 6.45) is 4.03. The lowest BCUT2D eigenvalue weighted by molar-refractivity contribution is 0.122. The average Bonchev–Trinajstić information content (AvgIpc) is 3.41. The first kappa shape index (κ1) is 24.9. The van der Waals surface area contributed by atoms with Crippen molar-refractivity contribution in [1.29, 1.82) is 0 Å². The number of piperazine rings is 1. The van der Waals surface area contributed by atoms with Crippen molar-refractivity contribution in [2.75, 3.05) is 57.4 Å². The summed E-state index contributed by atoms with van der Waals surface area (Å²) < 4.78 is 20.9. The summed E-state index contributed by atoms with van der Waals surface area (Å²) in [6, 6.07) is 8.64. The number of fused-ring (bicyclic) bond motifs is 1. The summed E-state index contributed by atoms with van der Waals surface area (Å²) in [6.45, 7) is 7.16. The summed E-state index contributed by atoms with van der Waals surface area (Å²) in [4.78, 5) is 27.5. The third-order valence-electron chi connectivity index (χ3n) is 7.05. The Balaban J connectivity index is 1.26.